The van der Waals surface area contributed by atoms with Crippen LogP contribution in [0.1, 0.15) is 26.3 Å². The summed E-state index contributed by atoms with van der Waals surface area (Å²) >= 11 is 0. The molecule has 0 aliphatic carbocycles. The van der Waals surface area contributed by atoms with Crippen LogP contribution < -0.4 is 10.2 Å². The fraction of sp³-hybridized carbons (Fsp3) is 0.0690. The number of pyridine rings is 2. The van der Waals surface area contributed by atoms with Gasteiger partial charge in [0, 0.05) is 30.1 Å². The van der Waals surface area contributed by atoms with E-state index in [1.54, 1.807) is 35.5 Å². The van der Waals surface area contributed by atoms with Crippen LogP contribution >= 0.6 is 0 Å². The standard InChI is InChI=1S/C29H22N6O2/c36-28(23-10-5-4-9-22(23)19-7-2-1-3-8-19)33-25-13-12-21(17-31-25)29(37)35-16-14-20-18-32-34-26(20)24-11-6-15-30-27(24)35/h1-13,15,17-18H,14,16H2,(H,32,34)(H,31,33,36). The Bertz CT molecular complexity index is 1590. The van der Waals surface area contributed by atoms with Gasteiger partial charge in [-0.3, -0.25) is 19.6 Å². The first-order valence-corrected chi connectivity index (χ1v) is 11.9. The number of anilines is 2. The van der Waals surface area contributed by atoms with E-state index in [2.05, 4.69) is 25.5 Å². The fourth-order valence-electron chi connectivity index (χ4n) is 4.56. The second kappa shape index (κ2) is 9.50. The van der Waals surface area contributed by atoms with Crippen molar-refractivity contribution < 1.29 is 9.59 Å². The summed E-state index contributed by atoms with van der Waals surface area (Å²) in [6, 6.07) is 24.2. The summed E-state index contributed by atoms with van der Waals surface area (Å²) in [6.45, 7) is 0.462. The second-order valence-electron chi connectivity index (χ2n) is 8.65. The summed E-state index contributed by atoms with van der Waals surface area (Å²) in [5.74, 6) is 0.453. The van der Waals surface area contributed by atoms with Gasteiger partial charge < -0.3 is 5.32 Å². The van der Waals surface area contributed by atoms with Crippen LogP contribution in [0, 0.1) is 0 Å². The van der Waals surface area contributed by atoms with E-state index in [9.17, 15) is 9.59 Å². The largest absolute Gasteiger partial charge is 0.307 e. The van der Waals surface area contributed by atoms with Crippen molar-refractivity contribution in [3.63, 3.8) is 0 Å². The summed E-state index contributed by atoms with van der Waals surface area (Å²) in [6.07, 6.45) is 5.59. The predicted octanol–water partition coefficient (Wildman–Crippen LogP) is 4.99. The molecule has 0 radical (unpaired) electrons. The third-order valence-corrected chi connectivity index (χ3v) is 6.39. The van der Waals surface area contributed by atoms with Crippen molar-refractivity contribution in [2.45, 2.75) is 6.42 Å². The summed E-state index contributed by atoms with van der Waals surface area (Å²) in [7, 11) is 0. The molecule has 0 fully saturated rings. The molecule has 8 nitrogen and oxygen atoms in total. The third kappa shape index (κ3) is 4.25. The quantitative estimate of drug-likeness (QED) is 0.373. The molecule has 37 heavy (non-hydrogen) atoms. The molecular formula is C29H22N6O2. The average Bonchev–Trinajstić information content (AvgIpc) is 3.36. The molecule has 4 heterocycles. The molecule has 0 saturated carbocycles. The maximum Gasteiger partial charge on any atom is 0.261 e. The number of fused-ring (bicyclic) bond motifs is 3. The highest BCUT2D eigenvalue weighted by Gasteiger charge is 2.27. The Morgan fingerprint density at radius 1 is 0.838 bits per heavy atom. The number of aromatic amines is 1. The number of H-pyrrole nitrogens is 1. The van der Waals surface area contributed by atoms with Gasteiger partial charge in [-0.05, 0) is 53.4 Å². The zero-order valence-corrected chi connectivity index (χ0v) is 19.8. The molecule has 0 spiro atoms. The lowest BCUT2D eigenvalue weighted by molar-refractivity contribution is 0.0985. The van der Waals surface area contributed by atoms with E-state index in [-0.39, 0.29) is 11.8 Å². The van der Waals surface area contributed by atoms with Crippen molar-refractivity contribution in [1.82, 2.24) is 20.2 Å². The van der Waals surface area contributed by atoms with E-state index in [1.807, 2.05) is 60.7 Å². The van der Waals surface area contributed by atoms with E-state index >= 15 is 0 Å². The predicted molar refractivity (Wildman–Crippen MR) is 141 cm³/mol. The van der Waals surface area contributed by atoms with Gasteiger partial charge in [0.25, 0.3) is 11.8 Å². The van der Waals surface area contributed by atoms with Gasteiger partial charge in [0.05, 0.1) is 17.5 Å². The highest BCUT2D eigenvalue weighted by atomic mass is 16.2. The number of amides is 2. The first kappa shape index (κ1) is 22.4. The van der Waals surface area contributed by atoms with Crippen LogP contribution in [0.25, 0.3) is 22.4 Å². The molecule has 3 aromatic heterocycles. The zero-order chi connectivity index (χ0) is 25.2. The lowest BCUT2D eigenvalue weighted by atomic mass is 9.99. The molecule has 2 aromatic carbocycles. The molecule has 2 amide bonds. The number of rotatable bonds is 4. The minimum atomic E-state index is -0.272. The van der Waals surface area contributed by atoms with Crippen LogP contribution in [0.15, 0.2) is 97.5 Å². The van der Waals surface area contributed by atoms with Crippen LogP contribution in [0.3, 0.4) is 0 Å². The topological polar surface area (TPSA) is 104 Å². The SMILES string of the molecule is O=C(Nc1ccc(C(=O)N2CCc3cn[nH]c3-c3cccnc32)cn1)c1ccccc1-c1ccccc1. The van der Waals surface area contributed by atoms with Crippen LogP contribution in [0.4, 0.5) is 11.6 Å². The summed E-state index contributed by atoms with van der Waals surface area (Å²) in [4.78, 5) is 37.1. The number of carbonyl (C=O) groups excluding carboxylic acids is 2. The molecule has 0 atom stereocenters. The van der Waals surface area contributed by atoms with Crippen LogP contribution in [0.2, 0.25) is 0 Å². The number of carbonyl (C=O) groups is 2. The molecule has 180 valence electrons. The number of aromatic nitrogens is 4. The van der Waals surface area contributed by atoms with E-state index in [0.29, 0.717) is 35.7 Å². The highest BCUT2D eigenvalue weighted by molar-refractivity contribution is 6.09. The maximum absolute atomic E-state index is 13.5. The second-order valence-corrected chi connectivity index (χ2v) is 8.65. The van der Waals surface area contributed by atoms with Gasteiger partial charge in [-0.25, -0.2) is 9.97 Å². The molecule has 1 aliphatic rings. The Morgan fingerprint density at radius 2 is 1.65 bits per heavy atom. The van der Waals surface area contributed by atoms with Gasteiger partial charge in [-0.1, -0.05) is 48.5 Å². The normalized spacial score (nSPS) is 12.3. The van der Waals surface area contributed by atoms with E-state index in [1.165, 1.54) is 6.20 Å². The zero-order valence-electron chi connectivity index (χ0n) is 19.8. The van der Waals surface area contributed by atoms with Gasteiger partial charge in [0.2, 0.25) is 0 Å². The van der Waals surface area contributed by atoms with E-state index < -0.39 is 0 Å². The van der Waals surface area contributed by atoms with Crippen molar-refractivity contribution in [2.75, 3.05) is 16.8 Å². The molecule has 5 aromatic rings. The Balaban J connectivity index is 1.23. The van der Waals surface area contributed by atoms with Crippen molar-refractivity contribution in [3.05, 3.63) is 114 Å². The van der Waals surface area contributed by atoms with Crippen molar-refractivity contribution in [3.8, 4) is 22.4 Å². The molecule has 0 unspecified atom stereocenters. The fourth-order valence-corrected chi connectivity index (χ4v) is 4.56. The number of hydrogen-bond acceptors (Lipinski definition) is 5. The maximum atomic E-state index is 13.5. The summed E-state index contributed by atoms with van der Waals surface area (Å²) in [5, 5.41) is 10.0. The van der Waals surface area contributed by atoms with Gasteiger partial charge in [-0.2, -0.15) is 5.10 Å². The van der Waals surface area contributed by atoms with Gasteiger partial charge in [0.1, 0.15) is 11.6 Å². The Kier molecular flexibility index (Phi) is 5.74. The lowest BCUT2D eigenvalue weighted by Crippen LogP contribution is -2.33. The molecule has 2 N–H and O–H groups in total. The summed E-state index contributed by atoms with van der Waals surface area (Å²) in [5.41, 5.74) is 5.48. The number of hydrogen-bond donors (Lipinski definition) is 2. The Labute approximate surface area is 213 Å². The number of benzene rings is 2. The van der Waals surface area contributed by atoms with Crippen LogP contribution in [-0.2, 0) is 6.42 Å². The molecule has 0 bridgehead atoms. The smallest absolute Gasteiger partial charge is 0.261 e. The lowest BCUT2D eigenvalue weighted by Gasteiger charge is -2.21. The molecular weight excluding hydrogens is 464 g/mol. The Morgan fingerprint density at radius 3 is 2.49 bits per heavy atom. The minimum Gasteiger partial charge on any atom is -0.307 e. The molecule has 6 rings (SSSR count). The van der Waals surface area contributed by atoms with E-state index in [4.69, 9.17) is 0 Å². The van der Waals surface area contributed by atoms with Crippen LogP contribution in [0.5, 0.6) is 0 Å². The first-order chi connectivity index (χ1) is 18.2. The van der Waals surface area contributed by atoms with Crippen molar-refractivity contribution in [2.24, 2.45) is 0 Å². The van der Waals surface area contributed by atoms with Gasteiger partial charge >= 0.3 is 0 Å². The van der Waals surface area contributed by atoms with Gasteiger partial charge in [0.15, 0.2) is 0 Å². The van der Waals surface area contributed by atoms with Crippen LogP contribution in [-0.4, -0.2) is 38.5 Å². The highest BCUT2D eigenvalue weighted by Crippen LogP contribution is 2.34. The van der Waals surface area contributed by atoms with Crippen molar-refractivity contribution >= 4 is 23.5 Å². The minimum absolute atomic E-state index is 0.210. The number of nitrogens with zero attached hydrogens (tertiary/aromatic N) is 4. The van der Waals surface area contributed by atoms with Gasteiger partial charge in [-0.15, -0.1) is 0 Å². The van der Waals surface area contributed by atoms with E-state index in [0.717, 1.165) is 27.9 Å². The molecule has 0 saturated heterocycles. The molecule has 1 aliphatic heterocycles. The monoisotopic (exact) mass is 486 g/mol. The Hall–Kier alpha value is -5.11. The summed E-state index contributed by atoms with van der Waals surface area (Å²) < 4.78 is 0. The van der Waals surface area contributed by atoms with Crippen molar-refractivity contribution in [1.29, 1.82) is 0 Å². The average molecular weight is 487 g/mol. The first-order valence-electron chi connectivity index (χ1n) is 11.9. The third-order valence-electron chi connectivity index (χ3n) is 6.39. The number of nitrogens with one attached hydrogen (secondary N) is 2. The molecule has 8 heteroatoms.